The highest BCUT2D eigenvalue weighted by molar-refractivity contribution is 7.91. The summed E-state index contributed by atoms with van der Waals surface area (Å²) in [7, 11) is -3.64. The average Bonchev–Trinajstić information content (AvgIpc) is 2.88. The number of aryl methyl sites for hydroxylation is 1. The minimum atomic E-state index is -3.64. The maximum Gasteiger partial charge on any atom is 0.307 e. The maximum atomic E-state index is 12.6. The van der Waals surface area contributed by atoms with E-state index in [9.17, 15) is 18.0 Å². The lowest BCUT2D eigenvalue weighted by Gasteiger charge is -2.31. The number of hydrogen-bond donors (Lipinski definition) is 1. The molecule has 11 heteroatoms. The Balaban J connectivity index is 1.61. The van der Waals surface area contributed by atoms with Crippen molar-refractivity contribution in [1.82, 2.24) is 0 Å². The van der Waals surface area contributed by atoms with Crippen molar-refractivity contribution in [2.24, 2.45) is 0 Å². The van der Waals surface area contributed by atoms with Gasteiger partial charge in [0.15, 0.2) is 16.4 Å². The Bertz CT molecular complexity index is 1180. The number of rotatable bonds is 12. The van der Waals surface area contributed by atoms with Crippen LogP contribution in [0.5, 0.6) is 11.5 Å². The molecule has 2 aromatic rings. The minimum Gasteiger partial charge on any atom is -0.492 e. The molecule has 0 radical (unpaired) electrons. The van der Waals surface area contributed by atoms with Crippen LogP contribution in [-0.4, -0.2) is 72.2 Å². The zero-order valence-electron chi connectivity index (χ0n) is 21.4. The van der Waals surface area contributed by atoms with Crippen LogP contribution in [0.15, 0.2) is 41.3 Å². The van der Waals surface area contributed by atoms with Crippen molar-refractivity contribution in [3.05, 3.63) is 42.0 Å². The SMILES string of the molecule is CCOc1cc(N2CCOCC2)c(OCC)cc1NC(=O)COC(=O)CCS(=O)(=O)c1ccc(C)cc1. The normalized spacial score (nSPS) is 13.6. The summed E-state index contributed by atoms with van der Waals surface area (Å²) < 4.78 is 46.9. The number of carbonyl (C=O) groups excluding carboxylic acids is 2. The second-order valence-corrected chi connectivity index (χ2v) is 10.5. The molecule has 0 unspecified atom stereocenters. The van der Waals surface area contributed by atoms with Gasteiger partial charge in [-0.2, -0.15) is 0 Å². The topological polar surface area (TPSA) is 120 Å². The number of hydrogen-bond acceptors (Lipinski definition) is 9. The summed E-state index contributed by atoms with van der Waals surface area (Å²) in [5.74, 6) is -0.741. The van der Waals surface area contributed by atoms with Gasteiger partial charge >= 0.3 is 5.97 Å². The Morgan fingerprint density at radius 3 is 2.30 bits per heavy atom. The van der Waals surface area contributed by atoms with Crippen LogP contribution in [0, 0.1) is 6.92 Å². The first-order valence-corrected chi connectivity index (χ1v) is 13.9. The molecule has 1 heterocycles. The fraction of sp³-hybridized carbons (Fsp3) is 0.462. The Morgan fingerprint density at radius 1 is 1.00 bits per heavy atom. The molecule has 1 saturated heterocycles. The number of amides is 1. The van der Waals surface area contributed by atoms with Crippen LogP contribution in [0.4, 0.5) is 11.4 Å². The molecule has 0 aliphatic carbocycles. The van der Waals surface area contributed by atoms with Gasteiger partial charge in [-0.1, -0.05) is 17.7 Å². The van der Waals surface area contributed by atoms with Crippen LogP contribution in [0.2, 0.25) is 0 Å². The first kappa shape index (κ1) is 28.3. The fourth-order valence-corrected chi connectivity index (χ4v) is 4.95. The van der Waals surface area contributed by atoms with Crippen molar-refractivity contribution in [3.8, 4) is 11.5 Å². The van der Waals surface area contributed by atoms with Gasteiger partial charge in [-0.25, -0.2) is 8.42 Å². The number of esters is 1. The molecule has 0 saturated carbocycles. The van der Waals surface area contributed by atoms with Crippen LogP contribution < -0.4 is 19.7 Å². The Hall–Kier alpha value is -3.31. The van der Waals surface area contributed by atoms with Gasteiger partial charge in [0.25, 0.3) is 5.91 Å². The molecule has 0 bridgehead atoms. The third-order valence-corrected chi connectivity index (χ3v) is 7.34. The molecule has 3 rings (SSSR count). The molecule has 1 fully saturated rings. The quantitative estimate of drug-likeness (QED) is 0.410. The summed E-state index contributed by atoms with van der Waals surface area (Å²) in [6.45, 7) is 8.42. The first-order chi connectivity index (χ1) is 17.7. The van der Waals surface area contributed by atoms with Crippen LogP contribution in [-0.2, 0) is 28.9 Å². The fourth-order valence-electron chi connectivity index (χ4n) is 3.73. The zero-order chi connectivity index (χ0) is 26.8. The molecule has 1 amide bonds. The van der Waals surface area contributed by atoms with Crippen molar-refractivity contribution >= 4 is 33.1 Å². The van der Waals surface area contributed by atoms with Gasteiger partial charge in [0.1, 0.15) is 11.5 Å². The predicted octanol–water partition coefficient (Wildman–Crippen LogP) is 2.97. The molecule has 37 heavy (non-hydrogen) atoms. The van der Waals surface area contributed by atoms with E-state index < -0.39 is 34.1 Å². The molecular formula is C26H34N2O8S. The number of anilines is 2. The van der Waals surface area contributed by atoms with Gasteiger partial charge in [0, 0.05) is 25.2 Å². The number of sulfone groups is 1. The zero-order valence-corrected chi connectivity index (χ0v) is 22.3. The van der Waals surface area contributed by atoms with E-state index in [-0.39, 0.29) is 11.3 Å². The van der Waals surface area contributed by atoms with E-state index in [0.717, 1.165) is 11.3 Å². The summed E-state index contributed by atoms with van der Waals surface area (Å²) in [6, 6.07) is 9.89. The lowest BCUT2D eigenvalue weighted by Crippen LogP contribution is -2.36. The largest absolute Gasteiger partial charge is 0.492 e. The highest BCUT2D eigenvalue weighted by Crippen LogP contribution is 2.39. The smallest absolute Gasteiger partial charge is 0.307 e. The van der Waals surface area contributed by atoms with Crippen molar-refractivity contribution < 1.29 is 37.0 Å². The van der Waals surface area contributed by atoms with E-state index >= 15 is 0 Å². The van der Waals surface area contributed by atoms with Crippen molar-refractivity contribution in [2.75, 3.05) is 62.1 Å². The molecule has 1 aliphatic rings. The number of nitrogens with one attached hydrogen (secondary N) is 1. The lowest BCUT2D eigenvalue weighted by molar-refractivity contribution is -0.146. The van der Waals surface area contributed by atoms with E-state index in [0.29, 0.717) is 56.7 Å². The summed E-state index contributed by atoms with van der Waals surface area (Å²) >= 11 is 0. The summed E-state index contributed by atoms with van der Waals surface area (Å²) in [5, 5.41) is 2.70. The number of morpholine rings is 1. The highest BCUT2D eigenvalue weighted by Gasteiger charge is 2.21. The predicted molar refractivity (Wildman–Crippen MR) is 139 cm³/mol. The molecule has 1 N–H and O–H groups in total. The van der Waals surface area contributed by atoms with Gasteiger partial charge in [-0.3, -0.25) is 9.59 Å². The third-order valence-electron chi connectivity index (χ3n) is 5.61. The van der Waals surface area contributed by atoms with E-state index in [1.807, 2.05) is 26.8 Å². The number of ether oxygens (including phenoxy) is 4. The van der Waals surface area contributed by atoms with Gasteiger partial charge < -0.3 is 29.2 Å². The monoisotopic (exact) mass is 534 g/mol. The van der Waals surface area contributed by atoms with E-state index in [1.165, 1.54) is 12.1 Å². The van der Waals surface area contributed by atoms with Crippen molar-refractivity contribution in [3.63, 3.8) is 0 Å². The minimum absolute atomic E-state index is 0.137. The molecule has 10 nitrogen and oxygen atoms in total. The molecule has 1 aliphatic heterocycles. The van der Waals surface area contributed by atoms with Gasteiger partial charge in [0.05, 0.1) is 54.9 Å². The highest BCUT2D eigenvalue weighted by atomic mass is 32.2. The Morgan fingerprint density at radius 2 is 1.65 bits per heavy atom. The molecular weight excluding hydrogens is 500 g/mol. The van der Waals surface area contributed by atoms with Crippen LogP contribution >= 0.6 is 0 Å². The average molecular weight is 535 g/mol. The third kappa shape index (κ3) is 8.09. The molecule has 0 spiro atoms. The summed E-state index contributed by atoms with van der Waals surface area (Å²) in [6.07, 6.45) is -0.365. The van der Waals surface area contributed by atoms with Gasteiger partial charge in [-0.05, 0) is 32.9 Å². The summed E-state index contributed by atoms with van der Waals surface area (Å²) in [5.41, 5.74) is 2.15. The Kier molecular flexibility index (Phi) is 10.2. The lowest BCUT2D eigenvalue weighted by atomic mass is 10.2. The molecule has 0 atom stereocenters. The molecule has 202 valence electrons. The summed E-state index contributed by atoms with van der Waals surface area (Å²) in [4.78, 5) is 27.0. The van der Waals surface area contributed by atoms with Crippen molar-refractivity contribution in [2.45, 2.75) is 32.1 Å². The number of nitrogens with zero attached hydrogens (tertiary/aromatic N) is 1. The van der Waals surface area contributed by atoms with E-state index in [2.05, 4.69) is 10.2 Å². The van der Waals surface area contributed by atoms with Crippen LogP contribution in [0.3, 0.4) is 0 Å². The van der Waals surface area contributed by atoms with Crippen molar-refractivity contribution in [1.29, 1.82) is 0 Å². The number of carbonyl (C=O) groups is 2. The van der Waals surface area contributed by atoms with E-state index in [1.54, 1.807) is 18.2 Å². The Labute approximate surface area is 217 Å². The molecule has 2 aromatic carbocycles. The van der Waals surface area contributed by atoms with Crippen LogP contribution in [0.1, 0.15) is 25.8 Å². The van der Waals surface area contributed by atoms with E-state index in [4.69, 9.17) is 18.9 Å². The van der Waals surface area contributed by atoms with Crippen LogP contribution in [0.25, 0.3) is 0 Å². The standard InChI is InChI=1S/C26H34N2O8S/c1-4-34-23-17-22(28-11-13-33-14-12-28)24(35-5-2)16-21(23)27-25(29)18-36-26(30)10-15-37(31,32)20-8-6-19(3)7-9-20/h6-9,16-17H,4-5,10-15,18H2,1-3H3,(H,27,29). The number of benzene rings is 2. The second-order valence-electron chi connectivity index (χ2n) is 8.37. The first-order valence-electron chi connectivity index (χ1n) is 12.2. The molecule has 0 aromatic heterocycles. The van der Waals surface area contributed by atoms with Gasteiger partial charge in [-0.15, -0.1) is 0 Å². The van der Waals surface area contributed by atoms with Gasteiger partial charge in [0.2, 0.25) is 0 Å². The maximum absolute atomic E-state index is 12.6. The second kappa shape index (κ2) is 13.3.